The topological polar surface area (TPSA) is 32.3 Å². The van der Waals surface area contributed by atoms with Crippen molar-refractivity contribution in [3.63, 3.8) is 0 Å². The number of fused-ring (bicyclic) bond motifs is 4. The van der Waals surface area contributed by atoms with Gasteiger partial charge in [-0.25, -0.2) is 0 Å². The number of carbonyl (C=O) groups is 1. The van der Waals surface area contributed by atoms with Crippen LogP contribution in [0.3, 0.4) is 0 Å². The molecule has 3 rings (SSSR count). The van der Waals surface area contributed by atoms with Crippen LogP contribution in [0.15, 0.2) is 0 Å². The molecule has 0 aromatic heterocycles. The lowest BCUT2D eigenvalue weighted by Crippen LogP contribution is -2.40. The number of amides is 1. The van der Waals surface area contributed by atoms with Gasteiger partial charge in [-0.3, -0.25) is 4.79 Å². The molecule has 0 spiro atoms. The van der Waals surface area contributed by atoms with Crippen molar-refractivity contribution < 1.29 is 4.79 Å². The lowest BCUT2D eigenvalue weighted by molar-refractivity contribution is -0.129. The van der Waals surface area contributed by atoms with E-state index in [1.807, 2.05) is 4.90 Å². The Morgan fingerprint density at radius 1 is 1.42 bits per heavy atom. The number of rotatable bonds is 0. The van der Waals surface area contributed by atoms with Crippen LogP contribution in [-0.4, -0.2) is 36.5 Å². The minimum Gasteiger partial charge on any atom is -0.341 e. The summed E-state index contributed by atoms with van der Waals surface area (Å²) in [4.78, 5) is 13.2. The second kappa shape index (κ2) is 3.05. The van der Waals surface area contributed by atoms with Gasteiger partial charge in [0.15, 0.2) is 0 Å². The van der Waals surface area contributed by atoms with E-state index in [0.717, 1.165) is 19.6 Å². The predicted octanol–water partition coefficient (Wildman–Crippen LogP) is 0.217. The average molecular weight is 168 g/mol. The molecule has 0 aromatic rings. The van der Waals surface area contributed by atoms with Crippen molar-refractivity contribution in [2.75, 3.05) is 19.6 Å². The van der Waals surface area contributed by atoms with Crippen LogP contribution in [-0.2, 0) is 4.79 Å². The predicted molar refractivity (Wildman–Crippen MR) is 46.8 cm³/mol. The molecule has 0 aliphatic carbocycles. The Balaban J connectivity index is 2.06. The Bertz CT molecular complexity index is 171. The first-order chi connectivity index (χ1) is 5.75. The molecule has 1 N–H and O–H groups in total. The third kappa shape index (κ3) is 1.46. The van der Waals surface area contributed by atoms with E-state index in [4.69, 9.17) is 0 Å². The van der Waals surface area contributed by atoms with Crippen molar-refractivity contribution in [2.24, 2.45) is 5.92 Å². The summed E-state index contributed by atoms with van der Waals surface area (Å²) in [6.45, 7) is 4.67. The number of piperidine rings is 1. The maximum Gasteiger partial charge on any atom is 0.219 e. The molecule has 0 radical (unpaired) electrons. The Kier molecular flexibility index (Phi) is 2.05. The molecule has 3 nitrogen and oxygen atoms in total. The highest BCUT2D eigenvalue weighted by atomic mass is 16.2. The zero-order valence-electron chi connectivity index (χ0n) is 7.55. The first-order valence-corrected chi connectivity index (χ1v) is 4.74. The zero-order chi connectivity index (χ0) is 8.55. The van der Waals surface area contributed by atoms with Gasteiger partial charge in [-0.15, -0.1) is 0 Å². The van der Waals surface area contributed by atoms with Crippen molar-refractivity contribution >= 4 is 5.91 Å². The quantitative estimate of drug-likeness (QED) is 0.561. The monoisotopic (exact) mass is 168 g/mol. The van der Waals surface area contributed by atoms with E-state index < -0.39 is 0 Å². The van der Waals surface area contributed by atoms with Gasteiger partial charge < -0.3 is 10.2 Å². The van der Waals surface area contributed by atoms with E-state index in [1.165, 1.54) is 12.8 Å². The third-order valence-corrected chi connectivity index (χ3v) is 2.98. The molecule has 3 fully saturated rings. The fourth-order valence-corrected chi connectivity index (χ4v) is 2.20. The van der Waals surface area contributed by atoms with Gasteiger partial charge in [-0.1, -0.05) is 0 Å². The number of nitrogens with zero attached hydrogens (tertiary/aromatic N) is 1. The number of hydrogen-bond donors (Lipinski definition) is 1. The largest absolute Gasteiger partial charge is 0.341 e. The van der Waals surface area contributed by atoms with Crippen molar-refractivity contribution in [3.8, 4) is 0 Å². The third-order valence-electron chi connectivity index (χ3n) is 2.98. The molecule has 3 heterocycles. The highest BCUT2D eigenvalue weighted by molar-refractivity contribution is 5.73. The van der Waals surface area contributed by atoms with E-state index in [0.29, 0.717) is 12.0 Å². The van der Waals surface area contributed by atoms with Gasteiger partial charge in [0.2, 0.25) is 5.91 Å². The summed E-state index contributed by atoms with van der Waals surface area (Å²) in [5.74, 6) is 0.934. The van der Waals surface area contributed by atoms with Gasteiger partial charge in [0.05, 0.1) is 0 Å². The fraction of sp³-hybridized carbons (Fsp3) is 0.889. The van der Waals surface area contributed by atoms with Crippen LogP contribution in [0.25, 0.3) is 0 Å². The number of hydrogen-bond acceptors (Lipinski definition) is 2. The summed E-state index contributed by atoms with van der Waals surface area (Å²) in [7, 11) is 0. The summed E-state index contributed by atoms with van der Waals surface area (Å²) in [5.41, 5.74) is 0. The molecule has 12 heavy (non-hydrogen) atoms. The molecular formula is C9H16N2O. The summed E-state index contributed by atoms with van der Waals surface area (Å²) in [6.07, 6.45) is 2.54. The second-order valence-electron chi connectivity index (χ2n) is 3.97. The Morgan fingerprint density at radius 2 is 2.25 bits per heavy atom. The van der Waals surface area contributed by atoms with Gasteiger partial charge in [0, 0.05) is 26.1 Å². The lowest BCUT2D eigenvalue weighted by atomic mass is 9.97. The normalized spacial score (nSPS) is 34.9. The van der Waals surface area contributed by atoms with Crippen molar-refractivity contribution in [1.82, 2.24) is 10.2 Å². The molecule has 68 valence electrons. The summed E-state index contributed by atoms with van der Waals surface area (Å²) < 4.78 is 0. The molecule has 1 amide bonds. The lowest BCUT2D eigenvalue weighted by Gasteiger charge is -2.22. The highest BCUT2D eigenvalue weighted by Gasteiger charge is 2.29. The molecule has 0 unspecified atom stereocenters. The van der Waals surface area contributed by atoms with Gasteiger partial charge in [0.1, 0.15) is 0 Å². The van der Waals surface area contributed by atoms with Gasteiger partial charge in [-0.05, 0) is 25.3 Å². The van der Waals surface area contributed by atoms with Crippen LogP contribution in [0.2, 0.25) is 0 Å². The maximum absolute atomic E-state index is 11.2. The highest BCUT2D eigenvalue weighted by Crippen LogP contribution is 2.21. The van der Waals surface area contributed by atoms with Gasteiger partial charge >= 0.3 is 0 Å². The summed E-state index contributed by atoms with van der Waals surface area (Å²) in [6, 6.07) is 0.563. The molecule has 2 atom stereocenters. The van der Waals surface area contributed by atoms with Crippen LogP contribution >= 0.6 is 0 Å². The molecule has 0 saturated carbocycles. The molecule has 2 bridgehead atoms. The van der Waals surface area contributed by atoms with E-state index in [1.54, 1.807) is 6.92 Å². The van der Waals surface area contributed by atoms with Crippen LogP contribution in [0.1, 0.15) is 19.8 Å². The maximum atomic E-state index is 11.2. The average Bonchev–Trinajstić information content (AvgIpc) is 2.36. The van der Waals surface area contributed by atoms with Crippen LogP contribution in [0.4, 0.5) is 0 Å². The Hall–Kier alpha value is -0.570. The molecule has 3 saturated heterocycles. The molecule has 3 aliphatic rings. The SMILES string of the molecule is CC(=O)N1C[C@@H]2CC[C@H](C1)NC2. The minimum atomic E-state index is 0.232. The molecule has 3 heteroatoms. The zero-order valence-corrected chi connectivity index (χ0v) is 7.55. The standard InChI is InChI=1S/C9H16N2O/c1-7(12)11-5-8-2-3-9(6-11)10-4-8/h8-10H,2-6H2,1H3/t8-,9-/m1/s1. The summed E-state index contributed by atoms with van der Waals surface area (Å²) >= 11 is 0. The van der Waals surface area contributed by atoms with Crippen molar-refractivity contribution in [3.05, 3.63) is 0 Å². The van der Waals surface area contributed by atoms with Crippen LogP contribution < -0.4 is 5.32 Å². The van der Waals surface area contributed by atoms with Gasteiger partial charge in [0.25, 0.3) is 0 Å². The number of nitrogens with one attached hydrogen (secondary N) is 1. The van der Waals surface area contributed by atoms with Crippen molar-refractivity contribution in [2.45, 2.75) is 25.8 Å². The first kappa shape index (κ1) is 8.05. The fourth-order valence-electron chi connectivity index (χ4n) is 2.20. The van der Waals surface area contributed by atoms with E-state index in [2.05, 4.69) is 5.32 Å². The molecular weight excluding hydrogens is 152 g/mol. The molecule has 3 aliphatic heterocycles. The van der Waals surface area contributed by atoms with Crippen molar-refractivity contribution in [1.29, 1.82) is 0 Å². The van der Waals surface area contributed by atoms with Crippen LogP contribution in [0, 0.1) is 5.92 Å². The van der Waals surface area contributed by atoms with E-state index in [-0.39, 0.29) is 5.91 Å². The summed E-state index contributed by atoms with van der Waals surface area (Å²) in [5, 5.41) is 3.47. The minimum absolute atomic E-state index is 0.232. The second-order valence-corrected chi connectivity index (χ2v) is 3.97. The first-order valence-electron chi connectivity index (χ1n) is 4.74. The Morgan fingerprint density at radius 3 is 2.83 bits per heavy atom. The smallest absolute Gasteiger partial charge is 0.219 e. The van der Waals surface area contributed by atoms with Gasteiger partial charge in [-0.2, -0.15) is 0 Å². The Labute approximate surface area is 73.1 Å². The van der Waals surface area contributed by atoms with E-state index in [9.17, 15) is 4.79 Å². The van der Waals surface area contributed by atoms with Crippen LogP contribution in [0.5, 0.6) is 0 Å². The number of carbonyl (C=O) groups excluding carboxylic acids is 1. The van der Waals surface area contributed by atoms with E-state index >= 15 is 0 Å². The molecule has 0 aromatic carbocycles.